The van der Waals surface area contributed by atoms with Crippen molar-refractivity contribution in [2.24, 2.45) is 0 Å². The van der Waals surface area contributed by atoms with E-state index in [2.05, 4.69) is 20.5 Å². The van der Waals surface area contributed by atoms with Crippen LogP contribution < -0.4 is 0 Å². The van der Waals surface area contributed by atoms with Gasteiger partial charge in [-0.05, 0) is 30.8 Å². The molecule has 0 amide bonds. The molecule has 1 saturated heterocycles. The fourth-order valence-electron chi connectivity index (χ4n) is 1.32. The average molecular weight is 130 g/mol. The highest BCUT2D eigenvalue weighted by Crippen LogP contribution is 2.51. The first kappa shape index (κ1) is 6.55. The standard InChI is InChI=1S/C7H15P/c1-6-4-5-7(2)8(6)3/h6-7H,4-5H2,1-3H3/t6-,7?,8?/m1/s1. The maximum Gasteiger partial charge on any atom is -0.0237 e. The zero-order chi connectivity index (χ0) is 6.15. The summed E-state index contributed by atoms with van der Waals surface area (Å²) in [4.78, 5) is 0. The van der Waals surface area contributed by atoms with Gasteiger partial charge in [0.1, 0.15) is 0 Å². The summed E-state index contributed by atoms with van der Waals surface area (Å²) in [7, 11) is 0.413. The van der Waals surface area contributed by atoms with E-state index < -0.39 is 0 Å². The van der Waals surface area contributed by atoms with Crippen LogP contribution in [0.2, 0.25) is 0 Å². The first-order valence-electron chi connectivity index (χ1n) is 3.43. The maximum absolute atomic E-state index is 2.44. The quantitative estimate of drug-likeness (QED) is 0.442. The fraction of sp³-hybridized carbons (Fsp3) is 1.00. The highest BCUT2D eigenvalue weighted by Gasteiger charge is 2.24. The van der Waals surface area contributed by atoms with Gasteiger partial charge < -0.3 is 0 Å². The second-order valence-electron chi connectivity index (χ2n) is 2.94. The highest BCUT2D eigenvalue weighted by atomic mass is 31.1. The maximum atomic E-state index is 2.44. The molecule has 0 N–H and O–H groups in total. The molecule has 3 atom stereocenters. The summed E-state index contributed by atoms with van der Waals surface area (Å²) in [6.45, 7) is 7.24. The molecule has 1 fully saturated rings. The lowest BCUT2D eigenvalue weighted by Gasteiger charge is -2.13. The second-order valence-corrected chi connectivity index (χ2v) is 6.03. The van der Waals surface area contributed by atoms with Gasteiger partial charge in [0.15, 0.2) is 0 Å². The number of rotatable bonds is 0. The summed E-state index contributed by atoms with van der Waals surface area (Å²) >= 11 is 0. The number of hydrogen-bond acceptors (Lipinski definition) is 0. The topological polar surface area (TPSA) is 0 Å². The molecular formula is C7H15P. The summed E-state index contributed by atoms with van der Waals surface area (Å²) in [5, 5.41) is 0. The lowest BCUT2D eigenvalue weighted by atomic mass is 10.2. The van der Waals surface area contributed by atoms with Crippen molar-refractivity contribution in [2.75, 3.05) is 6.66 Å². The molecule has 8 heavy (non-hydrogen) atoms. The van der Waals surface area contributed by atoms with E-state index in [1.54, 1.807) is 0 Å². The van der Waals surface area contributed by atoms with Gasteiger partial charge in [0, 0.05) is 0 Å². The Morgan fingerprint density at radius 1 is 1.12 bits per heavy atom. The molecule has 0 radical (unpaired) electrons. The summed E-state index contributed by atoms with van der Waals surface area (Å²) in [6.07, 6.45) is 2.98. The Kier molecular flexibility index (Phi) is 1.92. The van der Waals surface area contributed by atoms with Crippen LogP contribution in [0.5, 0.6) is 0 Å². The molecular weight excluding hydrogens is 115 g/mol. The molecule has 2 unspecified atom stereocenters. The molecule has 1 aliphatic heterocycles. The van der Waals surface area contributed by atoms with Crippen molar-refractivity contribution >= 4 is 7.92 Å². The minimum atomic E-state index is 0.413. The van der Waals surface area contributed by atoms with E-state index in [9.17, 15) is 0 Å². The van der Waals surface area contributed by atoms with Crippen molar-refractivity contribution in [3.05, 3.63) is 0 Å². The van der Waals surface area contributed by atoms with Crippen molar-refractivity contribution in [1.29, 1.82) is 0 Å². The third-order valence-corrected chi connectivity index (χ3v) is 5.69. The van der Waals surface area contributed by atoms with Crippen LogP contribution in [0.3, 0.4) is 0 Å². The van der Waals surface area contributed by atoms with E-state index in [4.69, 9.17) is 0 Å². The Morgan fingerprint density at radius 3 is 1.62 bits per heavy atom. The van der Waals surface area contributed by atoms with E-state index in [0.717, 1.165) is 11.3 Å². The Labute approximate surface area is 53.4 Å². The zero-order valence-corrected chi connectivity index (χ0v) is 6.91. The number of hydrogen-bond donors (Lipinski definition) is 0. The van der Waals surface area contributed by atoms with Crippen LogP contribution in [0.15, 0.2) is 0 Å². The van der Waals surface area contributed by atoms with Gasteiger partial charge >= 0.3 is 0 Å². The molecule has 0 aliphatic carbocycles. The van der Waals surface area contributed by atoms with Crippen LogP contribution in [-0.4, -0.2) is 18.0 Å². The van der Waals surface area contributed by atoms with Crippen LogP contribution in [0.4, 0.5) is 0 Å². The average Bonchev–Trinajstić information content (AvgIpc) is 1.98. The van der Waals surface area contributed by atoms with Crippen LogP contribution >= 0.6 is 7.92 Å². The van der Waals surface area contributed by atoms with Gasteiger partial charge in [-0.15, -0.1) is 7.92 Å². The van der Waals surface area contributed by atoms with Gasteiger partial charge in [0.05, 0.1) is 0 Å². The van der Waals surface area contributed by atoms with E-state index in [0.29, 0.717) is 7.92 Å². The monoisotopic (exact) mass is 130 g/mol. The van der Waals surface area contributed by atoms with Crippen LogP contribution in [-0.2, 0) is 0 Å². The van der Waals surface area contributed by atoms with Gasteiger partial charge in [-0.3, -0.25) is 0 Å². The van der Waals surface area contributed by atoms with Gasteiger partial charge in [-0.25, -0.2) is 0 Å². The molecule has 0 aromatic rings. The van der Waals surface area contributed by atoms with Gasteiger partial charge in [0.2, 0.25) is 0 Å². The lowest BCUT2D eigenvalue weighted by molar-refractivity contribution is 0.777. The molecule has 48 valence electrons. The Balaban J connectivity index is 2.44. The van der Waals surface area contributed by atoms with Gasteiger partial charge in [-0.1, -0.05) is 13.8 Å². The van der Waals surface area contributed by atoms with Crippen LogP contribution in [0, 0.1) is 0 Å². The lowest BCUT2D eigenvalue weighted by Crippen LogP contribution is -1.92. The normalized spacial score (nSPS) is 47.6. The van der Waals surface area contributed by atoms with E-state index in [1.807, 2.05) is 0 Å². The second kappa shape index (κ2) is 2.35. The summed E-state index contributed by atoms with van der Waals surface area (Å²) in [5.41, 5.74) is 2.11. The molecule has 1 heterocycles. The molecule has 0 saturated carbocycles. The van der Waals surface area contributed by atoms with Crippen LogP contribution in [0.1, 0.15) is 26.7 Å². The molecule has 0 bridgehead atoms. The first-order valence-corrected chi connectivity index (χ1v) is 5.36. The summed E-state index contributed by atoms with van der Waals surface area (Å²) in [6, 6.07) is 0. The van der Waals surface area contributed by atoms with Crippen molar-refractivity contribution in [1.82, 2.24) is 0 Å². The first-order chi connectivity index (χ1) is 3.72. The smallest absolute Gasteiger partial charge is 0.0237 e. The molecule has 1 aliphatic rings. The molecule has 1 heteroatoms. The fourth-order valence-corrected chi connectivity index (χ4v) is 3.31. The van der Waals surface area contributed by atoms with E-state index >= 15 is 0 Å². The third kappa shape index (κ3) is 1.05. The van der Waals surface area contributed by atoms with Crippen LogP contribution in [0.25, 0.3) is 0 Å². The zero-order valence-electron chi connectivity index (χ0n) is 6.02. The van der Waals surface area contributed by atoms with Gasteiger partial charge in [0.25, 0.3) is 0 Å². The Hall–Kier alpha value is 0.430. The Morgan fingerprint density at radius 2 is 1.50 bits per heavy atom. The van der Waals surface area contributed by atoms with Gasteiger partial charge in [-0.2, -0.15) is 0 Å². The Bertz CT molecular complexity index is 70.5. The van der Waals surface area contributed by atoms with Crippen molar-refractivity contribution < 1.29 is 0 Å². The molecule has 0 aromatic carbocycles. The summed E-state index contributed by atoms with van der Waals surface area (Å²) < 4.78 is 0. The molecule has 0 spiro atoms. The summed E-state index contributed by atoms with van der Waals surface area (Å²) in [5.74, 6) is 0. The minimum Gasteiger partial charge on any atom is -0.104 e. The molecule has 0 aromatic heterocycles. The van der Waals surface area contributed by atoms with Crippen molar-refractivity contribution in [2.45, 2.75) is 38.0 Å². The molecule has 1 rings (SSSR count). The largest absolute Gasteiger partial charge is 0.104 e. The highest BCUT2D eigenvalue weighted by molar-refractivity contribution is 7.58. The van der Waals surface area contributed by atoms with E-state index in [1.165, 1.54) is 12.8 Å². The predicted octanol–water partition coefficient (Wildman–Crippen LogP) is 2.67. The van der Waals surface area contributed by atoms with Crippen molar-refractivity contribution in [3.8, 4) is 0 Å². The van der Waals surface area contributed by atoms with Crippen molar-refractivity contribution in [3.63, 3.8) is 0 Å². The third-order valence-electron chi connectivity index (χ3n) is 2.39. The minimum absolute atomic E-state index is 0.413. The van der Waals surface area contributed by atoms with E-state index in [-0.39, 0.29) is 0 Å². The predicted molar refractivity (Wildman–Crippen MR) is 41.0 cm³/mol. The molecule has 0 nitrogen and oxygen atoms in total. The SMILES string of the molecule is CC1CC[C@@H](C)P1C.